The molecule has 0 amide bonds. The Kier molecular flexibility index (Phi) is 3.36. The Hall–Kier alpha value is -1.20. The predicted molar refractivity (Wildman–Crippen MR) is 64.7 cm³/mol. The number of benzene rings is 1. The van der Waals surface area contributed by atoms with E-state index in [4.69, 9.17) is 10.2 Å². The third kappa shape index (κ3) is 2.15. The van der Waals surface area contributed by atoms with E-state index in [1.54, 1.807) is 0 Å². The average molecular weight is 282 g/mol. The Morgan fingerprint density at radius 2 is 2.12 bits per heavy atom. The third-order valence-electron chi connectivity index (χ3n) is 2.30. The van der Waals surface area contributed by atoms with Gasteiger partial charge in [-0.25, -0.2) is 0 Å². The van der Waals surface area contributed by atoms with Crippen molar-refractivity contribution in [1.29, 1.82) is 0 Å². The van der Waals surface area contributed by atoms with Crippen molar-refractivity contribution < 1.29 is 4.42 Å². The molecule has 1 atom stereocenters. The molecule has 1 aromatic heterocycles. The van der Waals surface area contributed by atoms with E-state index in [-0.39, 0.29) is 6.04 Å². The normalized spacial score (nSPS) is 12.7. The van der Waals surface area contributed by atoms with Crippen LogP contribution in [0.3, 0.4) is 0 Å². The Labute approximate surface area is 102 Å². The van der Waals surface area contributed by atoms with Crippen LogP contribution in [0.15, 0.2) is 33.2 Å². The summed E-state index contributed by atoms with van der Waals surface area (Å²) in [7, 11) is 0. The third-order valence-corrected chi connectivity index (χ3v) is 2.99. The number of nitrogens with zero attached hydrogens (tertiary/aromatic N) is 2. The van der Waals surface area contributed by atoms with Gasteiger partial charge in [0, 0.05) is 4.47 Å². The molecule has 4 nitrogen and oxygen atoms in total. The summed E-state index contributed by atoms with van der Waals surface area (Å²) >= 11 is 3.44. The van der Waals surface area contributed by atoms with E-state index in [2.05, 4.69) is 26.1 Å². The summed E-state index contributed by atoms with van der Waals surface area (Å²) in [5.74, 6) is 0.972. The van der Waals surface area contributed by atoms with Gasteiger partial charge in [-0.15, -0.1) is 10.2 Å². The number of aromatic nitrogens is 2. The van der Waals surface area contributed by atoms with E-state index in [1.165, 1.54) is 0 Å². The Bertz CT molecular complexity index is 484. The molecule has 0 aliphatic rings. The molecular weight excluding hydrogens is 270 g/mol. The van der Waals surface area contributed by atoms with Crippen LogP contribution in [0.4, 0.5) is 0 Å². The maximum absolute atomic E-state index is 5.82. The van der Waals surface area contributed by atoms with Crippen molar-refractivity contribution in [3.63, 3.8) is 0 Å². The summed E-state index contributed by atoms with van der Waals surface area (Å²) in [5.41, 5.74) is 6.69. The van der Waals surface area contributed by atoms with Gasteiger partial charge in [0.2, 0.25) is 11.8 Å². The number of halogens is 1. The Balaban J connectivity index is 2.35. The highest BCUT2D eigenvalue weighted by Gasteiger charge is 2.14. The molecule has 2 aromatic rings. The van der Waals surface area contributed by atoms with Gasteiger partial charge in [-0.2, -0.15) is 0 Å². The summed E-state index contributed by atoms with van der Waals surface area (Å²) < 4.78 is 6.45. The minimum absolute atomic E-state index is 0.191. The van der Waals surface area contributed by atoms with Crippen LogP contribution in [0.5, 0.6) is 0 Å². The average Bonchev–Trinajstić information content (AvgIpc) is 2.78. The van der Waals surface area contributed by atoms with Gasteiger partial charge in [0.15, 0.2) is 0 Å². The molecule has 1 aromatic carbocycles. The Morgan fingerprint density at radius 3 is 2.81 bits per heavy atom. The fraction of sp³-hybridized carbons (Fsp3) is 0.273. The highest BCUT2D eigenvalue weighted by atomic mass is 79.9. The second-order valence-corrected chi connectivity index (χ2v) is 4.29. The van der Waals surface area contributed by atoms with E-state index in [0.717, 1.165) is 16.5 Å². The first-order valence-corrected chi connectivity index (χ1v) is 5.85. The van der Waals surface area contributed by atoms with Gasteiger partial charge >= 0.3 is 0 Å². The summed E-state index contributed by atoms with van der Waals surface area (Å²) in [5, 5.41) is 7.93. The lowest BCUT2D eigenvalue weighted by Gasteiger charge is -2.01. The second kappa shape index (κ2) is 4.76. The molecule has 0 aliphatic heterocycles. The molecule has 2 N–H and O–H groups in total. The summed E-state index contributed by atoms with van der Waals surface area (Å²) in [6.45, 7) is 1.98. The van der Waals surface area contributed by atoms with Crippen LogP contribution in [0, 0.1) is 0 Å². The topological polar surface area (TPSA) is 64.9 Å². The SMILES string of the molecule is CCC(N)c1nnc(-c2ccccc2Br)o1. The molecule has 0 bridgehead atoms. The van der Waals surface area contributed by atoms with E-state index in [9.17, 15) is 0 Å². The summed E-state index contributed by atoms with van der Waals surface area (Å²) in [6, 6.07) is 7.51. The predicted octanol–water partition coefficient (Wildman–Crippen LogP) is 2.91. The fourth-order valence-electron chi connectivity index (χ4n) is 1.30. The maximum Gasteiger partial charge on any atom is 0.248 e. The molecule has 1 unspecified atom stereocenters. The van der Waals surface area contributed by atoms with Crippen LogP contribution in [-0.2, 0) is 0 Å². The van der Waals surface area contributed by atoms with Gasteiger partial charge in [-0.1, -0.05) is 19.1 Å². The number of hydrogen-bond acceptors (Lipinski definition) is 4. The zero-order valence-electron chi connectivity index (χ0n) is 8.85. The van der Waals surface area contributed by atoms with E-state index in [1.807, 2.05) is 31.2 Å². The zero-order chi connectivity index (χ0) is 11.5. The minimum atomic E-state index is -0.191. The standard InChI is InChI=1S/C11H12BrN3O/c1-2-9(13)11-15-14-10(16-11)7-5-3-4-6-8(7)12/h3-6,9H,2,13H2,1H3. The van der Waals surface area contributed by atoms with Gasteiger partial charge in [-0.05, 0) is 34.5 Å². The smallest absolute Gasteiger partial charge is 0.248 e. The van der Waals surface area contributed by atoms with Crippen molar-refractivity contribution >= 4 is 15.9 Å². The van der Waals surface area contributed by atoms with Gasteiger partial charge in [-0.3, -0.25) is 0 Å². The van der Waals surface area contributed by atoms with E-state index in [0.29, 0.717) is 11.8 Å². The monoisotopic (exact) mass is 281 g/mol. The fourth-order valence-corrected chi connectivity index (χ4v) is 1.76. The largest absolute Gasteiger partial charge is 0.419 e. The number of nitrogens with two attached hydrogens (primary N) is 1. The summed E-state index contributed by atoms with van der Waals surface area (Å²) in [4.78, 5) is 0. The summed E-state index contributed by atoms with van der Waals surface area (Å²) in [6.07, 6.45) is 0.775. The minimum Gasteiger partial charge on any atom is -0.419 e. The van der Waals surface area contributed by atoms with Crippen LogP contribution in [0.2, 0.25) is 0 Å². The van der Waals surface area contributed by atoms with Crippen LogP contribution in [-0.4, -0.2) is 10.2 Å². The highest BCUT2D eigenvalue weighted by Crippen LogP contribution is 2.27. The number of rotatable bonds is 3. The molecule has 0 saturated carbocycles. The molecule has 16 heavy (non-hydrogen) atoms. The van der Waals surface area contributed by atoms with Crippen LogP contribution in [0.25, 0.3) is 11.5 Å². The molecule has 2 rings (SSSR count). The first-order chi connectivity index (χ1) is 7.72. The van der Waals surface area contributed by atoms with Crippen molar-refractivity contribution in [3.05, 3.63) is 34.6 Å². The lowest BCUT2D eigenvalue weighted by molar-refractivity contribution is 0.452. The van der Waals surface area contributed by atoms with Crippen molar-refractivity contribution in [1.82, 2.24) is 10.2 Å². The molecule has 84 valence electrons. The quantitative estimate of drug-likeness (QED) is 0.940. The first kappa shape index (κ1) is 11.3. The van der Waals surface area contributed by atoms with E-state index >= 15 is 0 Å². The van der Waals surface area contributed by atoms with Crippen LogP contribution in [0.1, 0.15) is 25.3 Å². The molecule has 0 radical (unpaired) electrons. The number of hydrogen-bond donors (Lipinski definition) is 1. The lowest BCUT2D eigenvalue weighted by Crippen LogP contribution is -2.08. The molecular formula is C11H12BrN3O. The maximum atomic E-state index is 5.82. The molecule has 0 spiro atoms. The first-order valence-electron chi connectivity index (χ1n) is 5.06. The van der Waals surface area contributed by atoms with Crippen molar-refractivity contribution in [2.24, 2.45) is 5.73 Å². The Morgan fingerprint density at radius 1 is 1.38 bits per heavy atom. The van der Waals surface area contributed by atoms with Gasteiger partial charge in [0.1, 0.15) is 0 Å². The lowest BCUT2D eigenvalue weighted by atomic mass is 10.2. The van der Waals surface area contributed by atoms with E-state index < -0.39 is 0 Å². The van der Waals surface area contributed by atoms with Crippen molar-refractivity contribution in [3.8, 4) is 11.5 Å². The zero-order valence-corrected chi connectivity index (χ0v) is 10.4. The van der Waals surface area contributed by atoms with Crippen molar-refractivity contribution in [2.75, 3.05) is 0 Å². The molecule has 5 heteroatoms. The molecule has 0 saturated heterocycles. The molecule has 0 aliphatic carbocycles. The van der Waals surface area contributed by atoms with Crippen LogP contribution < -0.4 is 5.73 Å². The second-order valence-electron chi connectivity index (χ2n) is 3.44. The molecule has 1 heterocycles. The highest BCUT2D eigenvalue weighted by molar-refractivity contribution is 9.10. The van der Waals surface area contributed by atoms with Gasteiger partial charge < -0.3 is 10.2 Å². The van der Waals surface area contributed by atoms with Gasteiger partial charge in [0.05, 0.1) is 11.6 Å². The van der Waals surface area contributed by atoms with Crippen molar-refractivity contribution in [2.45, 2.75) is 19.4 Å². The molecule has 0 fully saturated rings. The van der Waals surface area contributed by atoms with Crippen LogP contribution >= 0.6 is 15.9 Å². The van der Waals surface area contributed by atoms with Gasteiger partial charge in [0.25, 0.3) is 0 Å².